The largest absolute Gasteiger partial charge is 0.462 e. The number of nitrogens with one attached hydrogen (secondary N) is 1. The van der Waals surface area contributed by atoms with E-state index in [-0.39, 0.29) is 23.4 Å². The molecular weight excluding hydrogens is 368 g/mol. The SMILES string of the molecule is CCOC(=O)c1ccccc1NC(=O)C(C#N)=Cc1ccc(-c2ccccc2)o1. The topological polar surface area (TPSA) is 92.3 Å². The van der Waals surface area contributed by atoms with Crippen LogP contribution in [0.3, 0.4) is 0 Å². The molecule has 144 valence electrons. The lowest BCUT2D eigenvalue weighted by Gasteiger charge is -2.09. The highest BCUT2D eigenvalue weighted by atomic mass is 16.5. The van der Waals surface area contributed by atoms with Crippen molar-refractivity contribution >= 4 is 23.6 Å². The van der Waals surface area contributed by atoms with E-state index in [1.165, 1.54) is 6.08 Å². The minimum atomic E-state index is -0.651. The molecule has 2 aromatic carbocycles. The summed E-state index contributed by atoms with van der Waals surface area (Å²) in [6.07, 6.45) is 1.36. The van der Waals surface area contributed by atoms with Crippen LogP contribution in [0.2, 0.25) is 0 Å². The molecule has 6 heteroatoms. The second kappa shape index (κ2) is 9.20. The van der Waals surface area contributed by atoms with Gasteiger partial charge in [0.2, 0.25) is 0 Å². The summed E-state index contributed by atoms with van der Waals surface area (Å²) < 4.78 is 10.7. The molecule has 0 saturated carbocycles. The van der Waals surface area contributed by atoms with Crippen molar-refractivity contribution in [1.29, 1.82) is 5.26 Å². The fraction of sp³-hybridized carbons (Fsp3) is 0.0870. The van der Waals surface area contributed by atoms with Gasteiger partial charge in [0, 0.05) is 11.6 Å². The molecule has 0 atom stereocenters. The Hall–Kier alpha value is -4.11. The first-order valence-corrected chi connectivity index (χ1v) is 8.97. The summed E-state index contributed by atoms with van der Waals surface area (Å²) >= 11 is 0. The third-order valence-corrected chi connectivity index (χ3v) is 4.01. The number of carbonyl (C=O) groups excluding carboxylic acids is 2. The Morgan fingerprint density at radius 3 is 2.52 bits per heavy atom. The molecule has 6 nitrogen and oxygen atoms in total. The van der Waals surface area contributed by atoms with Crippen molar-refractivity contribution in [3.8, 4) is 17.4 Å². The molecule has 0 saturated heterocycles. The van der Waals surface area contributed by atoms with Crippen molar-refractivity contribution in [3.05, 3.63) is 83.6 Å². The Morgan fingerprint density at radius 2 is 1.79 bits per heavy atom. The normalized spacial score (nSPS) is 10.8. The second-order valence-electron chi connectivity index (χ2n) is 5.96. The predicted molar refractivity (Wildman–Crippen MR) is 109 cm³/mol. The van der Waals surface area contributed by atoms with Gasteiger partial charge < -0.3 is 14.5 Å². The lowest BCUT2D eigenvalue weighted by atomic mass is 10.1. The number of nitrogens with zero attached hydrogens (tertiary/aromatic N) is 1. The number of para-hydroxylation sites is 1. The Morgan fingerprint density at radius 1 is 1.07 bits per heavy atom. The van der Waals surface area contributed by atoms with Gasteiger partial charge in [-0.15, -0.1) is 0 Å². The van der Waals surface area contributed by atoms with Crippen LogP contribution in [0.25, 0.3) is 17.4 Å². The molecule has 0 aliphatic carbocycles. The van der Waals surface area contributed by atoms with Crippen LogP contribution in [0.5, 0.6) is 0 Å². The zero-order valence-corrected chi connectivity index (χ0v) is 15.7. The summed E-state index contributed by atoms with van der Waals surface area (Å²) in [5.74, 6) is -0.206. The molecule has 1 N–H and O–H groups in total. The van der Waals surface area contributed by atoms with Gasteiger partial charge in [0.05, 0.1) is 17.9 Å². The van der Waals surface area contributed by atoms with E-state index in [9.17, 15) is 14.9 Å². The van der Waals surface area contributed by atoms with Crippen LogP contribution in [0.15, 0.2) is 76.7 Å². The number of hydrogen-bond donors (Lipinski definition) is 1. The van der Waals surface area contributed by atoms with Crippen LogP contribution in [0, 0.1) is 11.3 Å². The van der Waals surface area contributed by atoms with E-state index in [1.807, 2.05) is 36.4 Å². The molecule has 29 heavy (non-hydrogen) atoms. The first-order chi connectivity index (χ1) is 14.1. The highest BCUT2D eigenvalue weighted by molar-refractivity contribution is 6.11. The van der Waals surface area contributed by atoms with E-state index in [4.69, 9.17) is 9.15 Å². The van der Waals surface area contributed by atoms with Gasteiger partial charge in [-0.1, -0.05) is 42.5 Å². The lowest BCUT2D eigenvalue weighted by molar-refractivity contribution is -0.112. The maximum atomic E-state index is 12.6. The van der Waals surface area contributed by atoms with Crippen molar-refractivity contribution in [2.24, 2.45) is 0 Å². The summed E-state index contributed by atoms with van der Waals surface area (Å²) in [5, 5.41) is 12.0. The molecule has 0 bridgehead atoms. The summed E-state index contributed by atoms with van der Waals surface area (Å²) in [6.45, 7) is 1.91. The van der Waals surface area contributed by atoms with Gasteiger partial charge in [-0.25, -0.2) is 4.79 Å². The number of ether oxygens (including phenoxy) is 1. The Kier molecular flexibility index (Phi) is 6.23. The number of benzene rings is 2. The number of carbonyl (C=O) groups is 2. The van der Waals surface area contributed by atoms with Crippen LogP contribution < -0.4 is 5.32 Å². The van der Waals surface area contributed by atoms with Gasteiger partial charge >= 0.3 is 5.97 Å². The van der Waals surface area contributed by atoms with Gasteiger partial charge in [0.25, 0.3) is 5.91 Å². The molecule has 0 aliphatic heterocycles. The average molecular weight is 386 g/mol. The van der Waals surface area contributed by atoms with Gasteiger partial charge in [-0.2, -0.15) is 5.26 Å². The first-order valence-electron chi connectivity index (χ1n) is 8.97. The van der Waals surface area contributed by atoms with E-state index in [2.05, 4.69) is 5.32 Å². The maximum absolute atomic E-state index is 12.6. The molecular formula is C23H18N2O4. The molecule has 1 amide bonds. The van der Waals surface area contributed by atoms with Gasteiger partial charge in [-0.3, -0.25) is 4.79 Å². The minimum Gasteiger partial charge on any atom is -0.462 e. The standard InChI is InChI=1S/C23H18N2O4/c1-2-28-23(27)19-10-6-7-11-20(19)25-22(26)17(15-24)14-18-12-13-21(29-18)16-8-4-3-5-9-16/h3-14H,2H2,1H3,(H,25,26). The van der Waals surface area contributed by atoms with Gasteiger partial charge in [-0.05, 0) is 31.2 Å². The average Bonchev–Trinajstić information content (AvgIpc) is 3.22. The maximum Gasteiger partial charge on any atom is 0.340 e. The molecule has 0 aliphatic rings. The van der Waals surface area contributed by atoms with Crippen LogP contribution in [-0.4, -0.2) is 18.5 Å². The van der Waals surface area contributed by atoms with Crippen LogP contribution in [0.1, 0.15) is 23.0 Å². The Balaban J connectivity index is 1.81. The zero-order valence-electron chi connectivity index (χ0n) is 15.7. The van der Waals surface area contributed by atoms with Crippen LogP contribution in [0.4, 0.5) is 5.69 Å². The monoisotopic (exact) mass is 386 g/mol. The molecule has 1 heterocycles. The number of amides is 1. The minimum absolute atomic E-state index is 0.155. The smallest absolute Gasteiger partial charge is 0.340 e. The van der Waals surface area contributed by atoms with E-state index in [0.29, 0.717) is 11.5 Å². The fourth-order valence-corrected chi connectivity index (χ4v) is 2.65. The molecule has 0 spiro atoms. The van der Waals surface area contributed by atoms with Crippen LogP contribution in [-0.2, 0) is 9.53 Å². The van der Waals surface area contributed by atoms with Crippen molar-refractivity contribution < 1.29 is 18.7 Å². The van der Waals surface area contributed by atoms with Crippen molar-refractivity contribution in [2.45, 2.75) is 6.92 Å². The summed E-state index contributed by atoms with van der Waals surface area (Å²) in [4.78, 5) is 24.6. The molecule has 1 aromatic heterocycles. The molecule has 3 aromatic rings. The van der Waals surface area contributed by atoms with Gasteiger partial charge in [0.1, 0.15) is 23.2 Å². The quantitative estimate of drug-likeness (QED) is 0.378. The second-order valence-corrected chi connectivity index (χ2v) is 5.96. The van der Waals surface area contributed by atoms with Crippen molar-refractivity contribution in [1.82, 2.24) is 0 Å². The highest BCUT2D eigenvalue weighted by Gasteiger charge is 2.17. The number of anilines is 1. The number of furan rings is 1. The summed E-state index contributed by atoms with van der Waals surface area (Å²) in [6, 6.07) is 21.2. The number of rotatable bonds is 6. The van der Waals surface area contributed by atoms with Gasteiger partial charge in [0.15, 0.2) is 0 Å². The van der Waals surface area contributed by atoms with E-state index in [1.54, 1.807) is 43.3 Å². The fourth-order valence-electron chi connectivity index (χ4n) is 2.65. The van der Waals surface area contributed by atoms with Crippen LogP contribution >= 0.6 is 0 Å². The highest BCUT2D eigenvalue weighted by Crippen LogP contribution is 2.23. The van der Waals surface area contributed by atoms with Crippen molar-refractivity contribution in [2.75, 3.05) is 11.9 Å². The molecule has 0 fully saturated rings. The first kappa shape index (κ1) is 19.6. The number of esters is 1. The number of nitriles is 1. The third-order valence-electron chi connectivity index (χ3n) is 4.01. The Labute approximate surface area is 168 Å². The number of hydrogen-bond acceptors (Lipinski definition) is 5. The van der Waals surface area contributed by atoms with E-state index >= 15 is 0 Å². The predicted octanol–water partition coefficient (Wildman–Crippen LogP) is 4.67. The van der Waals surface area contributed by atoms with E-state index in [0.717, 1.165) is 5.56 Å². The molecule has 0 radical (unpaired) electrons. The summed E-state index contributed by atoms with van der Waals surface area (Å²) in [5.41, 5.74) is 1.21. The summed E-state index contributed by atoms with van der Waals surface area (Å²) in [7, 11) is 0. The van der Waals surface area contributed by atoms with E-state index < -0.39 is 11.9 Å². The lowest BCUT2D eigenvalue weighted by Crippen LogP contribution is -2.17. The van der Waals surface area contributed by atoms with Crippen molar-refractivity contribution in [3.63, 3.8) is 0 Å². The third kappa shape index (κ3) is 4.79. The molecule has 0 unspecified atom stereocenters. The molecule has 3 rings (SSSR count). The zero-order chi connectivity index (χ0) is 20.6. The Bertz CT molecular complexity index is 1090.